The van der Waals surface area contributed by atoms with Gasteiger partial charge in [0.05, 0.1) is 6.10 Å². The molecule has 1 aliphatic rings. The average Bonchev–Trinajstić information content (AvgIpc) is 2.76. The summed E-state index contributed by atoms with van der Waals surface area (Å²) in [7, 11) is 0. The second kappa shape index (κ2) is 6.29. The van der Waals surface area contributed by atoms with Gasteiger partial charge < -0.3 is 15.0 Å². The first-order valence-corrected chi connectivity index (χ1v) is 7.32. The van der Waals surface area contributed by atoms with Gasteiger partial charge in [-0.15, -0.1) is 0 Å². The molecule has 1 atom stereocenters. The number of anilines is 1. The molecule has 0 spiro atoms. The van der Waals surface area contributed by atoms with Gasteiger partial charge in [0.25, 0.3) is 0 Å². The average molecular weight is 262 g/mol. The van der Waals surface area contributed by atoms with Crippen LogP contribution in [0.25, 0.3) is 0 Å². The Morgan fingerprint density at radius 2 is 1.84 bits per heavy atom. The summed E-state index contributed by atoms with van der Waals surface area (Å²) < 4.78 is 5.67. The maximum atomic E-state index is 5.67. The van der Waals surface area contributed by atoms with E-state index in [2.05, 4.69) is 62.2 Å². The lowest BCUT2D eigenvalue weighted by molar-refractivity contribution is 0.242. The summed E-state index contributed by atoms with van der Waals surface area (Å²) >= 11 is 0. The zero-order valence-corrected chi connectivity index (χ0v) is 12.5. The Hall–Kier alpha value is -1.22. The fourth-order valence-corrected chi connectivity index (χ4v) is 2.61. The van der Waals surface area contributed by atoms with Crippen LogP contribution in [0.3, 0.4) is 0 Å². The van der Waals surface area contributed by atoms with E-state index in [0.717, 1.165) is 18.8 Å². The molecule has 1 aromatic rings. The van der Waals surface area contributed by atoms with Gasteiger partial charge in [-0.3, -0.25) is 0 Å². The molecule has 1 aliphatic heterocycles. The highest BCUT2D eigenvalue weighted by Crippen LogP contribution is 2.23. The molecule has 2 rings (SSSR count). The molecule has 1 unspecified atom stereocenters. The smallest absolute Gasteiger partial charge is 0.119 e. The van der Waals surface area contributed by atoms with Crippen molar-refractivity contribution in [1.82, 2.24) is 5.32 Å². The van der Waals surface area contributed by atoms with Gasteiger partial charge in [0.2, 0.25) is 0 Å². The predicted octanol–water partition coefficient (Wildman–Crippen LogP) is 3.05. The van der Waals surface area contributed by atoms with Gasteiger partial charge in [-0.2, -0.15) is 0 Å². The fraction of sp³-hybridized carbons (Fsp3) is 0.625. The molecule has 106 valence electrons. The zero-order valence-electron chi connectivity index (χ0n) is 12.5. The second-order valence-corrected chi connectivity index (χ2v) is 5.91. The Labute approximate surface area is 116 Å². The van der Waals surface area contributed by atoms with E-state index in [-0.39, 0.29) is 6.10 Å². The lowest BCUT2D eigenvalue weighted by Crippen LogP contribution is -2.36. The minimum absolute atomic E-state index is 0.234. The van der Waals surface area contributed by atoms with E-state index in [0.29, 0.717) is 12.1 Å². The van der Waals surface area contributed by atoms with Crippen LogP contribution in [0.15, 0.2) is 24.3 Å². The van der Waals surface area contributed by atoms with Gasteiger partial charge in [-0.1, -0.05) is 13.8 Å². The van der Waals surface area contributed by atoms with Crippen molar-refractivity contribution in [3.8, 4) is 5.75 Å². The van der Waals surface area contributed by atoms with Gasteiger partial charge in [0.1, 0.15) is 5.75 Å². The van der Waals surface area contributed by atoms with E-state index in [9.17, 15) is 0 Å². The van der Waals surface area contributed by atoms with Gasteiger partial charge in [-0.05, 0) is 44.5 Å². The Morgan fingerprint density at radius 3 is 2.42 bits per heavy atom. The van der Waals surface area contributed by atoms with Crippen LogP contribution in [0, 0.1) is 0 Å². The third kappa shape index (κ3) is 4.13. The SMILES string of the molecule is CC(C)NC1CCN(c2ccc(OC(C)C)cc2)C1. The highest BCUT2D eigenvalue weighted by Gasteiger charge is 2.22. The first-order valence-electron chi connectivity index (χ1n) is 7.32. The largest absolute Gasteiger partial charge is 0.491 e. The molecule has 0 bridgehead atoms. The third-order valence-electron chi connectivity index (χ3n) is 3.33. The summed E-state index contributed by atoms with van der Waals surface area (Å²) in [4.78, 5) is 2.44. The van der Waals surface area contributed by atoms with E-state index in [1.165, 1.54) is 12.1 Å². The molecule has 0 aliphatic carbocycles. The third-order valence-corrected chi connectivity index (χ3v) is 3.33. The zero-order chi connectivity index (χ0) is 13.8. The minimum Gasteiger partial charge on any atom is -0.491 e. The maximum absolute atomic E-state index is 5.67. The van der Waals surface area contributed by atoms with Crippen molar-refractivity contribution in [3.05, 3.63) is 24.3 Å². The van der Waals surface area contributed by atoms with Gasteiger partial charge in [-0.25, -0.2) is 0 Å². The minimum atomic E-state index is 0.234. The molecule has 1 saturated heterocycles. The molecule has 19 heavy (non-hydrogen) atoms. The topological polar surface area (TPSA) is 24.5 Å². The van der Waals surface area contributed by atoms with E-state index in [1.807, 2.05) is 0 Å². The van der Waals surface area contributed by atoms with Gasteiger partial charge in [0.15, 0.2) is 0 Å². The molecule has 0 amide bonds. The number of rotatable bonds is 5. The molecule has 0 radical (unpaired) electrons. The van der Waals surface area contributed by atoms with Crippen LogP contribution < -0.4 is 15.0 Å². The highest BCUT2D eigenvalue weighted by atomic mass is 16.5. The molecule has 1 aromatic carbocycles. The van der Waals surface area contributed by atoms with Crippen molar-refractivity contribution in [3.63, 3.8) is 0 Å². The number of benzene rings is 1. The quantitative estimate of drug-likeness (QED) is 0.882. The first-order chi connectivity index (χ1) is 9.04. The molecule has 1 fully saturated rings. The molecule has 1 N–H and O–H groups in total. The summed E-state index contributed by atoms with van der Waals surface area (Å²) in [6.07, 6.45) is 1.46. The van der Waals surface area contributed by atoms with Crippen LogP contribution in [0.5, 0.6) is 5.75 Å². The molecule has 1 heterocycles. The van der Waals surface area contributed by atoms with E-state index < -0.39 is 0 Å². The summed E-state index contributed by atoms with van der Waals surface area (Å²) in [5.74, 6) is 0.954. The normalized spacial score (nSPS) is 19.5. The lowest BCUT2D eigenvalue weighted by atomic mass is 10.2. The number of hydrogen-bond acceptors (Lipinski definition) is 3. The fourth-order valence-electron chi connectivity index (χ4n) is 2.61. The van der Waals surface area contributed by atoms with Crippen molar-refractivity contribution in [2.24, 2.45) is 0 Å². The number of nitrogens with zero attached hydrogens (tertiary/aromatic N) is 1. The summed E-state index contributed by atoms with van der Waals surface area (Å²) in [6, 6.07) is 9.64. The van der Waals surface area contributed by atoms with Crippen LogP contribution in [-0.2, 0) is 0 Å². The molecule has 0 saturated carbocycles. The second-order valence-electron chi connectivity index (χ2n) is 5.91. The van der Waals surface area contributed by atoms with Crippen LogP contribution in [0.4, 0.5) is 5.69 Å². The van der Waals surface area contributed by atoms with Crippen LogP contribution in [0.2, 0.25) is 0 Å². The number of nitrogens with one attached hydrogen (secondary N) is 1. The number of hydrogen-bond donors (Lipinski definition) is 1. The van der Waals surface area contributed by atoms with Gasteiger partial charge >= 0.3 is 0 Å². The molecule has 3 nitrogen and oxygen atoms in total. The molecule has 3 heteroatoms. The van der Waals surface area contributed by atoms with Gasteiger partial charge in [0, 0.05) is 30.9 Å². The van der Waals surface area contributed by atoms with Crippen LogP contribution >= 0.6 is 0 Å². The van der Waals surface area contributed by atoms with Crippen molar-refractivity contribution < 1.29 is 4.74 Å². The van der Waals surface area contributed by atoms with E-state index >= 15 is 0 Å². The van der Waals surface area contributed by atoms with Crippen molar-refractivity contribution in [1.29, 1.82) is 0 Å². The Balaban J connectivity index is 1.92. The first kappa shape index (κ1) is 14.2. The van der Waals surface area contributed by atoms with Crippen molar-refractivity contribution >= 4 is 5.69 Å². The molecular weight excluding hydrogens is 236 g/mol. The number of ether oxygens (including phenoxy) is 1. The van der Waals surface area contributed by atoms with E-state index in [1.54, 1.807) is 0 Å². The molecular formula is C16H26N2O. The summed E-state index contributed by atoms with van der Waals surface area (Å²) in [6.45, 7) is 10.8. The monoisotopic (exact) mass is 262 g/mol. The Morgan fingerprint density at radius 1 is 1.16 bits per heavy atom. The standard InChI is InChI=1S/C16H26N2O/c1-12(2)17-14-9-10-18(11-14)15-5-7-16(8-6-15)19-13(3)4/h5-8,12-14,17H,9-11H2,1-4H3. The van der Waals surface area contributed by atoms with Crippen LogP contribution in [0.1, 0.15) is 34.1 Å². The Kier molecular flexibility index (Phi) is 4.70. The lowest BCUT2D eigenvalue weighted by Gasteiger charge is -2.20. The summed E-state index contributed by atoms with van der Waals surface area (Å²) in [5, 5.41) is 3.61. The summed E-state index contributed by atoms with van der Waals surface area (Å²) in [5.41, 5.74) is 1.30. The van der Waals surface area contributed by atoms with Crippen LogP contribution in [-0.4, -0.2) is 31.3 Å². The highest BCUT2D eigenvalue weighted by molar-refractivity contribution is 5.50. The maximum Gasteiger partial charge on any atom is 0.119 e. The predicted molar refractivity (Wildman–Crippen MR) is 81.1 cm³/mol. The van der Waals surface area contributed by atoms with Crippen molar-refractivity contribution in [2.75, 3.05) is 18.0 Å². The Bertz CT molecular complexity index is 386. The van der Waals surface area contributed by atoms with Crippen molar-refractivity contribution in [2.45, 2.75) is 52.3 Å². The molecule has 0 aromatic heterocycles. The van der Waals surface area contributed by atoms with E-state index in [4.69, 9.17) is 4.74 Å².